The number of benzene rings is 1. The van der Waals surface area contributed by atoms with E-state index in [1.807, 2.05) is 12.2 Å². The summed E-state index contributed by atoms with van der Waals surface area (Å²) < 4.78 is 11.3. The molecule has 2 N–H and O–H groups in total. The molecule has 1 aromatic carbocycles. The Morgan fingerprint density at radius 2 is 1.83 bits per heavy atom. The molecule has 1 aromatic rings. The van der Waals surface area contributed by atoms with Crippen LogP contribution in [0.3, 0.4) is 0 Å². The molecule has 0 aromatic heterocycles. The summed E-state index contributed by atoms with van der Waals surface area (Å²) in [5.74, 6) is -1.48. The number of ketones is 1. The van der Waals surface area contributed by atoms with Crippen LogP contribution < -0.4 is 0 Å². The SMILES string of the molecule is C[C@@H]1CC=CCCC=CC(=O)Cc2c(c(O)cc(O)c2C2CCCCO2)C(=O)O1. The first-order chi connectivity index (χ1) is 14.0. The van der Waals surface area contributed by atoms with E-state index in [0.717, 1.165) is 31.7 Å². The number of esters is 1. The number of aromatic hydroxyl groups is 2. The van der Waals surface area contributed by atoms with Crippen LogP contribution in [0.25, 0.3) is 0 Å². The van der Waals surface area contributed by atoms with Gasteiger partial charge in [-0.15, -0.1) is 0 Å². The maximum absolute atomic E-state index is 12.9. The number of rotatable bonds is 1. The van der Waals surface area contributed by atoms with Crippen LogP contribution in [0.1, 0.15) is 73.0 Å². The van der Waals surface area contributed by atoms with Crippen molar-refractivity contribution in [1.82, 2.24) is 0 Å². The molecule has 6 nitrogen and oxygen atoms in total. The molecule has 2 aliphatic rings. The molecule has 0 aliphatic carbocycles. The van der Waals surface area contributed by atoms with E-state index in [1.165, 1.54) is 6.08 Å². The van der Waals surface area contributed by atoms with Crippen LogP contribution in [0.2, 0.25) is 0 Å². The summed E-state index contributed by atoms with van der Waals surface area (Å²) in [6, 6.07) is 1.14. The van der Waals surface area contributed by atoms with Gasteiger partial charge in [0.25, 0.3) is 0 Å². The molecule has 156 valence electrons. The molecule has 1 unspecified atom stereocenters. The molecular formula is C23H28O6. The van der Waals surface area contributed by atoms with Gasteiger partial charge in [0.1, 0.15) is 23.2 Å². The molecule has 6 heteroatoms. The van der Waals surface area contributed by atoms with Crippen LogP contribution >= 0.6 is 0 Å². The van der Waals surface area contributed by atoms with Crippen molar-refractivity contribution in [2.75, 3.05) is 6.61 Å². The molecular weight excluding hydrogens is 372 g/mol. The van der Waals surface area contributed by atoms with Gasteiger partial charge in [0.2, 0.25) is 0 Å². The third-order valence-electron chi connectivity index (χ3n) is 5.24. The Labute approximate surface area is 170 Å². The normalized spacial score (nSPS) is 23.9. The highest BCUT2D eigenvalue weighted by molar-refractivity contribution is 5.99. The van der Waals surface area contributed by atoms with Crippen molar-refractivity contribution in [3.05, 3.63) is 47.1 Å². The highest BCUT2D eigenvalue weighted by atomic mass is 16.5. The van der Waals surface area contributed by atoms with Crippen molar-refractivity contribution in [1.29, 1.82) is 0 Å². The zero-order valence-corrected chi connectivity index (χ0v) is 16.7. The smallest absolute Gasteiger partial charge is 0.342 e. The Kier molecular flexibility index (Phi) is 7.09. The molecule has 1 fully saturated rings. The number of carbonyl (C=O) groups excluding carboxylic acids is 2. The number of allylic oxidation sites excluding steroid dienone is 3. The van der Waals surface area contributed by atoms with Crippen molar-refractivity contribution in [3.8, 4) is 11.5 Å². The fraction of sp³-hybridized carbons (Fsp3) is 0.478. The van der Waals surface area contributed by atoms with Crippen molar-refractivity contribution in [3.63, 3.8) is 0 Å². The van der Waals surface area contributed by atoms with Gasteiger partial charge in [-0.1, -0.05) is 18.2 Å². The van der Waals surface area contributed by atoms with Crippen LogP contribution in [0.5, 0.6) is 11.5 Å². The molecule has 0 radical (unpaired) electrons. The number of hydrogen-bond acceptors (Lipinski definition) is 6. The number of phenolic OH excluding ortho intramolecular Hbond substituents is 2. The Balaban J connectivity index is 2.09. The number of phenols is 2. The monoisotopic (exact) mass is 400 g/mol. The van der Waals surface area contributed by atoms with E-state index in [9.17, 15) is 19.8 Å². The number of fused-ring (bicyclic) bond motifs is 1. The second-order valence-corrected chi connectivity index (χ2v) is 7.58. The number of carbonyl (C=O) groups is 2. The number of ether oxygens (including phenoxy) is 2. The topological polar surface area (TPSA) is 93.1 Å². The molecule has 0 spiro atoms. The Hall–Kier alpha value is -2.60. The molecule has 2 aliphatic heterocycles. The summed E-state index contributed by atoms with van der Waals surface area (Å²) in [5, 5.41) is 21.0. The van der Waals surface area contributed by atoms with Crippen LogP contribution in [0.15, 0.2) is 30.4 Å². The summed E-state index contributed by atoms with van der Waals surface area (Å²) in [6.45, 7) is 2.32. The third kappa shape index (κ3) is 5.26. The number of hydrogen-bond donors (Lipinski definition) is 2. The standard InChI is InChI=1S/C23H28O6/c1-15-9-5-3-2-4-6-10-16(24)13-17-21(20-11-7-8-12-28-20)18(25)14-19(26)22(17)23(27)29-15/h3,5-6,10,14-15,20,25-26H,2,4,7-9,11-13H2,1H3/t15-,20?/m1/s1. The maximum Gasteiger partial charge on any atom is 0.342 e. The van der Waals surface area contributed by atoms with Gasteiger partial charge >= 0.3 is 5.97 Å². The van der Waals surface area contributed by atoms with Crippen LogP contribution in [-0.4, -0.2) is 34.7 Å². The van der Waals surface area contributed by atoms with Gasteiger partial charge in [-0.25, -0.2) is 4.79 Å². The molecule has 0 amide bonds. The Morgan fingerprint density at radius 1 is 1.03 bits per heavy atom. The lowest BCUT2D eigenvalue weighted by atomic mass is 9.89. The van der Waals surface area contributed by atoms with E-state index in [-0.39, 0.29) is 35.2 Å². The average Bonchev–Trinajstić information content (AvgIpc) is 2.67. The zero-order chi connectivity index (χ0) is 20.8. The molecule has 3 rings (SSSR count). The van der Waals surface area contributed by atoms with E-state index in [2.05, 4.69) is 0 Å². The number of cyclic esters (lactones) is 1. The van der Waals surface area contributed by atoms with Crippen molar-refractivity contribution in [2.24, 2.45) is 0 Å². The molecule has 2 atom stereocenters. The predicted octanol–water partition coefficient (Wildman–Crippen LogP) is 4.29. The van der Waals surface area contributed by atoms with Crippen molar-refractivity contribution in [2.45, 2.75) is 64.1 Å². The third-order valence-corrected chi connectivity index (χ3v) is 5.24. The second-order valence-electron chi connectivity index (χ2n) is 7.58. The highest BCUT2D eigenvalue weighted by Gasteiger charge is 2.31. The lowest BCUT2D eigenvalue weighted by Crippen LogP contribution is -2.21. The fourth-order valence-electron chi connectivity index (χ4n) is 3.80. The van der Waals surface area contributed by atoms with E-state index in [4.69, 9.17) is 9.47 Å². The van der Waals surface area contributed by atoms with Gasteiger partial charge in [0, 0.05) is 31.1 Å². The van der Waals surface area contributed by atoms with Crippen molar-refractivity contribution >= 4 is 11.8 Å². The summed E-state index contributed by atoms with van der Waals surface area (Å²) in [4.78, 5) is 25.5. The second kappa shape index (κ2) is 9.74. The fourth-order valence-corrected chi connectivity index (χ4v) is 3.80. The van der Waals surface area contributed by atoms with Gasteiger partial charge in [0.05, 0.1) is 6.10 Å². The summed E-state index contributed by atoms with van der Waals surface area (Å²) in [5.41, 5.74) is 0.617. The van der Waals surface area contributed by atoms with Crippen LogP contribution in [-0.2, 0) is 20.7 Å². The van der Waals surface area contributed by atoms with Gasteiger partial charge in [-0.2, -0.15) is 0 Å². The highest BCUT2D eigenvalue weighted by Crippen LogP contribution is 2.41. The first-order valence-corrected chi connectivity index (χ1v) is 10.2. The van der Waals surface area contributed by atoms with E-state index in [0.29, 0.717) is 25.0 Å². The molecule has 0 saturated carbocycles. The predicted molar refractivity (Wildman–Crippen MR) is 108 cm³/mol. The van der Waals surface area contributed by atoms with E-state index >= 15 is 0 Å². The van der Waals surface area contributed by atoms with E-state index in [1.54, 1.807) is 13.0 Å². The molecule has 1 saturated heterocycles. The quantitative estimate of drug-likeness (QED) is 0.539. The summed E-state index contributed by atoms with van der Waals surface area (Å²) in [6.07, 6.45) is 10.9. The zero-order valence-electron chi connectivity index (χ0n) is 16.7. The van der Waals surface area contributed by atoms with Crippen molar-refractivity contribution < 1.29 is 29.3 Å². The minimum Gasteiger partial charge on any atom is -0.507 e. The van der Waals surface area contributed by atoms with Crippen LogP contribution in [0, 0.1) is 0 Å². The van der Waals surface area contributed by atoms with E-state index < -0.39 is 17.8 Å². The van der Waals surface area contributed by atoms with Gasteiger partial charge < -0.3 is 19.7 Å². The van der Waals surface area contributed by atoms with Gasteiger partial charge in [-0.3, -0.25) is 4.79 Å². The minimum absolute atomic E-state index is 0.0680. The maximum atomic E-state index is 12.9. The van der Waals surface area contributed by atoms with Gasteiger partial charge in [0.15, 0.2) is 5.78 Å². The lowest BCUT2D eigenvalue weighted by molar-refractivity contribution is -0.114. The summed E-state index contributed by atoms with van der Waals surface area (Å²) in [7, 11) is 0. The average molecular weight is 400 g/mol. The molecule has 29 heavy (non-hydrogen) atoms. The minimum atomic E-state index is -0.704. The Bertz CT molecular complexity index is 817. The molecule has 2 heterocycles. The summed E-state index contributed by atoms with van der Waals surface area (Å²) >= 11 is 0. The van der Waals surface area contributed by atoms with Crippen LogP contribution in [0.4, 0.5) is 0 Å². The lowest BCUT2D eigenvalue weighted by Gasteiger charge is -2.27. The first kappa shape index (κ1) is 21.1. The van der Waals surface area contributed by atoms with Gasteiger partial charge in [-0.05, 0) is 50.7 Å². The molecule has 0 bridgehead atoms. The largest absolute Gasteiger partial charge is 0.507 e. The Morgan fingerprint density at radius 3 is 2.59 bits per heavy atom. The first-order valence-electron chi connectivity index (χ1n) is 10.2.